The number of benzene rings is 2. The molecule has 1 unspecified atom stereocenters. The smallest absolute Gasteiger partial charge is 0.162 e. The van der Waals surface area contributed by atoms with Crippen molar-refractivity contribution in [3.05, 3.63) is 48.0 Å². The molecule has 0 saturated carbocycles. The van der Waals surface area contributed by atoms with Crippen molar-refractivity contribution >= 4 is 22.4 Å². The molecule has 2 aromatic carbocycles. The number of methoxy groups -OCH3 is 1. The van der Waals surface area contributed by atoms with Gasteiger partial charge in [-0.2, -0.15) is 0 Å². The van der Waals surface area contributed by atoms with Crippen molar-refractivity contribution in [2.45, 2.75) is 13.0 Å². The molecule has 1 atom stereocenters. The molecule has 0 bridgehead atoms. The Labute approximate surface area is 191 Å². The standard InChI is InChI=1S/C23H29FN4O5/c1-15-9-16(3-4-19(15)24)27-23-18-10-22(21(32-2)11-20(18)25-14-26-23)33-13-17(31)12-28(5-7-29)6-8-30/h3-4,9-11,14,17,29-31H,5-8,12-13H2,1-2H3,(H,25,26,27). The molecule has 0 saturated heterocycles. The number of hydrogen-bond acceptors (Lipinski definition) is 9. The highest BCUT2D eigenvalue weighted by Crippen LogP contribution is 2.35. The van der Waals surface area contributed by atoms with Crippen LogP contribution in [0.1, 0.15) is 5.56 Å². The highest BCUT2D eigenvalue weighted by Gasteiger charge is 2.16. The van der Waals surface area contributed by atoms with Gasteiger partial charge in [-0.15, -0.1) is 0 Å². The largest absolute Gasteiger partial charge is 0.493 e. The van der Waals surface area contributed by atoms with Gasteiger partial charge < -0.3 is 30.1 Å². The molecule has 3 aromatic rings. The first-order valence-corrected chi connectivity index (χ1v) is 10.6. The summed E-state index contributed by atoms with van der Waals surface area (Å²) in [6.07, 6.45) is 0.567. The normalized spacial score (nSPS) is 12.2. The molecule has 0 radical (unpaired) electrons. The van der Waals surface area contributed by atoms with Crippen molar-refractivity contribution in [2.24, 2.45) is 0 Å². The van der Waals surface area contributed by atoms with E-state index in [0.717, 1.165) is 0 Å². The molecule has 0 aliphatic heterocycles. The number of nitrogens with one attached hydrogen (secondary N) is 1. The lowest BCUT2D eigenvalue weighted by Gasteiger charge is -2.23. The van der Waals surface area contributed by atoms with Crippen molar-refractivity contribution in [2.75, 3.05) is 51.9 Å². The molecule has 1 heterocycles. The summed E-state index contributed by atoms with van der Waals surface area (Å²) in [5.41, 5.74) is 1.80. The lowest BCUT2D eigenvalue weighted by Crippen LogP contribution is -2.38. The summed E-state index contributed by atoms with van der Waals surface area (Å²) in [6, 6.07) is 8.13. The van der Waals surface area contributed by atoms with Gasteiger partial charge in [-0.05, 0) is 36.8 Å². The van der Waals surface area contributed by atoms with Gasteiger partial charge in [-0.1, -0.05) is 0 Å². The Kier molecular flexibility index (Phi) is 8.72. The molecular weight excluding hydrogens is 431 g/mol. The van der Waals surface area contributed by atoms with Crippen LogP contribution in [0.5, 0.6) is 11.5 Å². The SMILES string of the molecule is COc1cc2ncnc(Nc3ccc(F)c(C)c3)c2cc1OCC(O)CN(CCO)CCO. The van der Waals surface area contributed by atoms with Crippen molar-refractivity contribution in [1.29, 1.82) is 0 Å². The predicted octanol–water partition coefficient (Wildman–Crippen LogP) is 1.86. The fourth-order valence-corrected chi connectivity index (χ4v) is 3.41. The van der Waals surface area contributed by atoms with E-state index in [1.54, 1.807) is 36.1 Å². The molecule has 0 aliphatic rings. The Balaban J connectivity index is 1.81. The first-order chi connectivity index (χ1) is 15.9. The van der Waals surface area contributed by atoms with Crippen LogP contribution in [0.2, 0.25) is 0 Å². The quantitative estimate of drug-likeness (QED) is 0.321. The fraction of sp³-hybridized carbons (Fsp3) is 0.391. The Morgan fingerprint density at radius 1 is 1.09 bits per heavy atom. The summed E-state index contributed by atoms with van der Waals surface area (Å²) in [4.78, 5) is 10.3. The van der Waals surface area contributed by atoms with Crippen LogP contribution >= 0.6 is 0 Å². The molecule has 0 fully saturated rings. The fourth-order valence-electron chi connectivity index (χ4n) is 3.41. The molecule has 178 valence electrons. The topological polar surface area (TPSA) is 120 Å². The predicted molar refractivity (Wildman–Crippen MR) is 123 cm³/mol. The summed E-state index contributed by atoms with van der Waals surface area (Å²) in [5.74, 6) is 1.06. The maximum atomic E-state index is 13.6. The average molecular weight is 461 g/mol. The average Bonchev–Trinajstić information content (AvgIpc) is 2.80. The minimum absolute atomic E-state index is 0.0250. The van der Waals surface area contributed by atoms with E-state index in [1.165, 1.54) is 19.5 Å². The Morgan fingerprint density at radius 3 is 2.52 bits per heavy atom. The number of aliphatic hydroxyl groups excluding tert-OH is 3. The van der Waals surface area contributed by atoms with Crippen LogP contribution in [-0.4, -0.2) is 82.9 Å². The number of nitrogens with zero attached hydrogens (tertiary/aromatic N) is 3. The molecule has 9 nitrogen and oxygen atoms in total. The Bertz CT molecular complexity index is 1060. The van der Waals surface area contributed by atoms with Gasteiger partial charge in [0.25, 0.3) is 0 Å². The maximum Gasteiger partial charge on any atom is 0.162 e. The third kappa shape index (κ3) is 6.48. The monoisotopic (exact) mass is 460 g/mol. The van der Waals surface area contributed by atoms with E-state index in [1.807, 2.05) is 0 Å². The summed E-state index contributed by atoms with van der Waals surface area (Å²) in [5, 5.41) is 32.5. The van der Waals surface area contributed by atoms with E-state index in [9.17, 15) is 9.50 Å². The van der Waals surface area contributed by atoms with Crippen molar-refractivity contribution in [3.8, 4) is 11.5 Å². The van der Waals surface area contributed by atoms with E-state index in [0.29, 0.717) is 52.6 Å². The third-order valence-corrected chi connectivity index (χ3v) is 5.07. The Morgan fingerprint density at radius 2 is 1.85 bits per heavy atom. The number of halogens is 1. The third-order valence-electron chi connectivity index (χ3n) is 5.07. The van der Waals surface area contributed by atoms with E-state index < -0.39 is 6.10 Å². The van der Waals surface area contributed by atoms with Crippen LogP contribution in [0, 0.1) is 12.7 Å². The number of anilines is 2. The first-order valence-electron chi connectivity index (χ1n) is 10.6. The summed E-state index contributed by atoms with van der Waals surface area (Å²) in [7, 11) is 1.51. The molecule has 10 heteroatoms. The lowest BCUT2D eigenvalue weighted by molar-refractivity contribution is 0.0545. The molecule has 0 aliphatic carbocycles. The second-order valence-corrected chi connectivity index (χ2v) is 7.54. The number of aromatic nitrogens is 2. The van der Waals surface area contributed by atoms with Gasteiger partial charge in [0.2, 0.25) is 0 Å². The van der Waals surface area contributed by atoms with Crippen LogP contribution in [0.4, 0.5) is 15.9 Å². The van der Waals surface area contributed by atoms with Gasteiger partial charge in [-0.3, -0.25) is 4.90 Å². The highest BCUT2D eigenvalue weighted by atomic mass is 19.1. The Hall–Kier alpha value is -3.05. The van der Waals surface area contributed by atoms with E-state index in [-0.39, 0.29) is 32.2 Å². The number of hydrogen-bond donors (Lipinski definition) is 4. The first kappa shape index (κ1) is 24.6. The van der Waals surface area contributed by atoms with E-state index >= 15 is 0 Å². The van der Waals surface area contributed by atoms with Crippen LogP contribution < -0.4 is 14.8 Å². The molecule has 1 aromatic heterocycles. The van der Waals surface area contributed by atoms with Crippen molar-refractivity contribution in [1.82, 2.24) is 14.9 Å². The molecule has 33 heavy (non-hydrogen) atoms. The zero-order valence-corrected chi connectivity index (χ0v) is 18.7. The van der Waals surface area contributed by atoms with Gasteiger partial charge in [0, 0.05) is 36.8 Å². The summed E-state index contributed by atoms with van der Waals surface area (Å²) in [6.45, 7) is 2.42. The van der Waals surface area contributed by atoms with Crippen LogP contribution in [-0.2, 0) is 0 Å². The number of aryl methyl sites for hydroxylation is 1. The molecular formula is C23H29FN4O5. The van der Waals surface area contributed by atoms with Gasteiger partial charge in [0.15, 0.2) is 11.5 Å². The van der Waals surface area contributed by atoms with Gasteiger partial charge in [0.05, 0.1) is 25.8 Å². The van der Waals surface area contributed by atoms with Crippen molar-refractivity contribution < 1.29 is 29.2 Å². The summed E-state index contributed by atoms with van der Waals surface area (Å²) >= 11 is 0. The minimum atomic E-state index is -0.852. The summed E-state index contributed by atoms with van der Waals surface area (Å²) < 4.78 is 24.9. The van der Waals surface area contributed by atoms with Crippen LogP contribution in [0.25, 0.3) is 10.9 Å². The lowest BCUT2D eigenvalue weighted by atomic mass is 10.2. The zero-order valence-electron chi connectivity index (χ0n) is 18.7. The second kappa shape index (κ2) is 11.7. The van der Waals surface area contributed by atoms with Gasteiger partial charge in [0.1, 0.15) is 30.7 Å². The number of fused-ring (bicyclic) bond motifs is 1. The zero-order chi connectivity index (χ0) is 23.8. The van der Waals surface area contributed by atoms with E-state index in [2.05, 4.69) is 15.3 Å². The van der Waals surface area contributed by atoms with E-state index in [4.69, 9.17) is 19.7 Å². The molecule has 0 spiro atoms. The second-order valence-electron chi connectivity index (χ2n) is 7.54. The minimum Gasteiger partial charge on any atom is -0.493 e. The van der Waals surface area contributed by atoms with Crippen LogP contribution in [0.3, 0.4) is 0 Å². The molecule has 4 N–H and O–H groups in total. The molecule has 0 amide bonds. The molecule has 3 rings (SSSR count). The number of ether oxygens (including phenoxy) is 2. The van der Waals surface area contributed by atoms with Crippen LogP contribution in [0.15, 0.2) is 36.7 Å². The highest BCUT2D eigenvalue weighted by molar-refractivity contribution is 5.93. The number of rotatable bonds is 12. The van der Waals surface area contributed by atoms with Crippen molar-refractivity contribution in [3.63, 3.8) is 0 Å². The van der Waals surface area contributed by atoms with Gasteiger partial charge >= 0.3 is 0 Å². The maximum absolute atomic E-state index is 13.6. The number of aliphatic hydroxyl groups is 3. The van der Waals surface area contributed by atoms with Gasteiger partial charge in [-0.25, -0.2) is 14.4 Å².